The highest BCUT2D eigenvalue weighted by Gasteiger charge is 2.35. The average molecular weight is 304 g/mol. The second kappa shape index (κ2) is 7.20. The van der Waals surface area contributed by atoms with Gasteiger partial charge in [-0.05, 0) is 38.1 Å². The van der Waals surface area contributed by atoms with Crippen molar-refractivity contribution in [2.45, 2.75) is 50.8 Å². The molecule has 118 valence electrons. The van der Waals surface area contributed by atoms with Gasteiger partial charge in [-0.1, -0.05) is 13.8 Å². The van der Waals surface area contributed by atoms with Crippen molar-refractivity contribution in [2.75, 3.05) is 32.8 Å². The highest BCUT2D eigenvalue weighted by atomic mass is 32.2. The highest BCUT2D eigenvalue weighted by molar-refractivity contribution is 7.89. The van der Waals surface area contributed by atoms with Crippen molar-refractivity contribution in [2.24, 2.45) is 5.92 Å². The zero-order valence-corrected chi connectivity index (χ0v) is 13.5. The van der Waals surface area contributed by atoms with Crippen LogP contribution in [0.1, 0.15) is 39.5 Å². The average Bonchev–Trinajstić information content (AvgIpc) is 2.46. The van der Waals surface area contributed by atoms with Crippen molar-refractivity contribution < 1.29 is 13.2 Å². The van der Waals surface area contributed by atoms with Gasteiger partial charge in [-0.2, -0.15) is 0 Å². The number of hydrogen-bond acceptors (Lipinski definition) is 4. The largest absolute Gasteiger partial charge is 0.381 e. The lowest BCUT2D eigenvalue weighted by molar-refractivity contribution is 0.0967. The number of nitrogens with one attached hydrogen (secondary N) is 1. The molecule has 0 atom stereocenters. The van der Waals surface area contributed by atoms with Gasteiger partial charge < -0.3 is 10.1 Å². The lowest BCUT2D eigenvalue weighted by Crippen LogP contribution is -2.46. The van der Waals surface area contributed by atoms with Gasteiger partial charge in [-0.3, -0.25) is 0 Å². The smallest absolute Gasteiger partial charge is 0.217 e. The summed E-state index contributed by atoms with van der Waals surface area (Å²) in [4.78, 5) is 0. The number of sulfonamides is 1. The first-order chi connectivity index (χ1) is 9.50. The zero-order valence-electron chi connectivity index (χ0n) is 12.7. The minimum Gasteiger partial charge on any atom is -0.381 e. The van der Waals surface area contributed by atoms with Crippen molar-refractivity contribution in [3.8, 4) is 0 Å². The SMILES string of the molecule is CC(C)NCC1CCN(S(=O)(=O)C2CCOCC2)CC1. The summed E-state index contributed by atoms with van der Waals surface area (Å²) in [6.07, 6.45) is 3.25. The summed E-state index contributed by atoms with van der Waals surface area (Å²) >= 11 is 0. The molecular weight excluding hydrogens is 276 g/mol. The summed E-state index contributed by atoms with van der Waals surface area (Å²) in [5.41, 5.74) is 0. The van der Waals surface area contributed by atoms with Crippen LogP contribution in [0.2, 0.25) is 0 Å². The molecule has 0 aromatic carbocycles. The Morgan fingerprint density at radius 2 is 1.75 bits per heavy atom. The molecule has 0 aliphatic carbocycles. The van der Waals surface area contributed by atoms with Crippen LogP contribution in [0.4, 0.5) is 0 Å². The van der Waals surface area contributed by atoms with Gasteiger partial charge >= 0.3 is 0 Å². The second-order valence-corrected chi connectivity index (χ2v) is 8.48. The third-order valence-electron chi connectivity index (χ3n) is 4.34. The van der Waals surface area contributed by atoms with E-state index in [1.807, 2.05) is 0 Å². The van der Waals surface area contributed by atoms with Crippen LogP contribution in [0.5, 0.6) is 0 Å². The van der Waals surface area contributed by atoms with Crippen LogP contribution >= 0.6 is 0 Å². The van der Waals surface area contributed by atoms with Crippen LogP contribution in [-0.4, -0.2) is 56.9 Å². The molecule has 2 heterocycles. The highest BCUT2D eigenvalue weighted by Crippen LogP contribution is 2.25. The Bertz CT molecular complexity index is 383. The van der Waals surface area contributed by atoms with Gasteiger partial charge in [-0.15, -0.1) is 0 Å². The number of piperidine rings is 1. The maximum absolute atomic E-state index is 12.6. The Balaban J connectivity index is 1.83. The molecule has 0 bridgehead atoms. The van der Waals surface area contributed by atoms with Gasteiger partial charge in [0.25, 0.3) is 0 Å². The summed E-state index contributed by atoms with van der Waals surface area (Å²) in [7, 11) is -3.11. The first kappa shape index (κ1) is 16.2. The van der Waals surface area contributed by atoms with E-state index in [2.05, 4.69) is 19.2 Å². The van der Waals surface area contributed by atoms with Crippen molar-refractivity contribution in [1.29, 1.82) is 0 Å². The molecule has 0 radical (unpaired) electrons. The normalized spacial score (nSPS) is 24.4. The van der Waals surface area contributed by atoms with Crippen LogP contribution in [0.15, 0.2) is 0 Å². The van der Waals surface area contributed by atoms with Crippen molar-refractivity contribution in [3.05, 3.63) is 0 Å². The van der Waals surface area contributed by atoms with Gasteiger partial charge in [0.1, 0.15) is 0 Å². The third kappa shape index (κ3) is 4.16. The molecule has 2 aliphatic rings. The topological polar surface area (TPSA) is 58.6 Å². The minimum absolute atomic E-state index is 0.221. The molecular formula is C14H28N2O3S. The maximum atomic E-state index is 12.6. The Kier molecular flexibility index (Phi) is 5.84. The van der Waals surface area contributed by atoms with E-state index in [0.717, 1.165) is 19.4 Å². The van der Waals surface area contributed by atoms with E-state index >= 15 is 0 Å². The number of rotatable bonds is 5. The molecule has 0 unspecified atom stereocenters. The zero-order chi connectivity index (χ0) is 14.6. The predicted molar refractivity (Wildman–Crippen MR) is 80.2 cm³/mol. The molecule has 2 saturated heterocycles. The maximum Gasteiger partial charge on any atom is 0.217 e. The lowest BCUT2D eigenvalue weighted by atomic mass is 9.98. The van der Waals surface area contributed by atoms with E-state index in [-0.39, 0.29) is 5.25 Å². The molecule has 6 heteroatoms. The summed E-state index contributed by atoms with van der Waals surface area (Å²) in [5, 5.41) is 3.23. The van der Waals surface area contributed by atoms with Gasteiger partial charge in [0.2, 0.25) is 10.0 Å². The summed E-state index contributed by atoms with van der Waals surface area (Å²) in [5.74, 6) is 0.610. The predicted octanol–water partition coefficient (Wildman–Crippen LogP) is 1.21. The van der Waals surface area contributed by atoms with E-state index < -0.39 is 10.0 Å². The van der Waals surface area contributed by atoms with E-state index in [1.165, 1.54) is 0 Å². The van der Waals surface area contributed by atoms with Crippen LogP contribution in [0.25, 0.3) is 0 Å². The number of hydrogen-bond donors (Lipinski definition) is 1. The second-order valence-electron chi connectivity index (χ2n) is 6.26. The molecule has 0 saturated carbocycles. The van der Waals surface area contributed by atoms with Gasteiger partial charge in [0.15, 0.2) is 0 Å². The van der Waals surface area contributed by atoms with Crippen molar-refractivity contribution in [1.82, 2.24) is 9.62 Å². The fraction of sp³-hybridized carbons (Fsp3) is 1.00. The molecule has 2 aliphatic heterocycles. The van der Waals surface area contributed by atoms with Crippen molar-refractivity contribution >= 4 is 10.0 Å². The molecule has 2 fully saturated rings. The van der Waals surface area contributed by atoms with Gasteiger partial charge in [0.05, 0.1) is 5.25 Å². The molecule has 1 N–H and O–H groups in total. The standard InChI is InChI=1S/C14H28N2O3S/c1-12(2)15-11-13-3-7-16(8-4-13)20(17,18)14-5-9-19-10-6-14/h12-15H,3-11H2,1-2H3. The fourth-order valence-corrected chi connectivity index (χ4v) is 4.88. The quantitative estimate of drug-likeness (QED) is 0.829. The molecule has 5 nitrogen and oxygen atoms in total. The summed E-state index contributed by atoms with van der Waals surface area (Å²) in [6.45, 7) is 7.82. The van der Waals surface area contributed by atoms with E-state index in [9.17, 15) is 8.42 Å². The molecule has 0 spiro atoms. The Hall–Kier alpha value is -0.170. The fourth-order valence-electron chi connectivity index (χ4n) is 2.95. The van der Waals surface area contributed by atoms with Gasteiger partial charge in [-0.25, -0.2) is 12.7 Å². The summed E-state index contributed by atoms with van der Waals surface area (Å²) in [6, 6.07) is 0.499. The minimum atomic E-state index is -3.11. The van der Waals surface area contributed by atoms with E-state index in [1.54, 1.807) is 4.31 Å². The van der Waals surface area contributed by atoms with E-state index in [0.29, 0.717) is 51.1 Å². The Labute approximate surface area is 123 Å². The third-order valence-corrected chi connectivity index (χ3v) is 6.74. The first-order valence-electron chi connectivity index (χ1n) is 7.80. The van der Waals surface area contributed by atoms with Crippen LogP contribution in [0, 0.1) is 5.92 Å². The Morgan fingerprint density at radius 3 is 2.30 bits per heavy atom. The molecule has 0 amide bonds. The molecule has 2 rings (SSSR count). The van der Waals surface area contributed by atoms with Crippen LogP contribution in [-0.2, 0) is 14.8 Å². The lowest BCUT2D eigenvalue weighted by Gasteiger charge is -2.35. The summed E-state index contributed by atoms with van der Waals surface area (Å²) < 4.78 is 32.1. The number of ether oxygens (including phenoxy) is 1. The monoisotopic (exact) mass is 304 g/mol. The van der Waals surface area contributed by atoms with Gasteiger partial charge in [0, 0.05) is 32.3 Å². The molecule has 0 aromatic heterocycles. The first-order valence-corrected chi connectivity index (χ1v) is 9.30. The number of nitrogens with zero attached hydrogens (tertiary/aromatic N) is 1. The Morgan fingerprint density at radius 1 is 1.15 bits per heavy atom. The van der Waals surface area contributed by atoms with E-state index in [4.69, 9.17) is 4.74 Å². The van der Waals surface area contributed by atoms with Crippen molar-refractivity contribution in [3.63, 3.8) is 0 Å². The molecule has 20 heavy (non-hydrogen) atoms. The molecule has 0 aromatic rings. The van der Waals surface area contributed by atoms with Crippen LogP contribution in [0.3, 0.4) is 0 Å². The van der Waals surface area contributed by atoms with Crippen LogP contribution < -0.4 is 5.32 Å².